The molecule has 2 aromatic heterocycles. The third kappa shape index (κ3) is 4.81. The molecule has 0 saturated carbocycles. The Bertz CT molecular complexity index is 1560. The van der Waals surface area contributed by atoms with E-state index in [2.05, 4.69) is 10.1 Å². The average Bonchev–Trinajstić information content (AvgIpc) is 3.59. The molecule has 0 atom stereocenters. The Balaban J connectivity index is 1.56. The summed E-state index contributed by atoms with van der Waals surface area (Å²) in [7, 11) is 3.13. The van der Waals surface area contributed by atoms with Gasteiger partial charge in [-0.05, 0) is 54.0 Å². The van der Waals surface area contributed by atoms with Crippen molar-refractivity contribution in [3.05, 3.63) is 83.6 Å². The van der Waals surface area contributed by atoms with Crippen LogP contribution in [0.4, 0.5) is 13.2 Å². The number of carbonyl (C=O) groups is 2. The van der Waals surface area contributed by atoms with Gasteiger partial charge in [-0.15, -0.1) is 0 Å². The number of carbonyl (C=O) groups excluding carboxylic acids is 2. The molecule has 0 radical (unpaired) electrons. The van der Waals surface area contributed by atoms with E-state index >= 15 is 4.39 Å². The molecule has 1 aliphatic heterocycles. The largest absolute Gasteiger partial charge is 0.348 e. The lowest BCUT2D eigenvalue weighted by Gasteiger charge is -2.28. The molecule has 38 heavy (non-hydrogen) atoms. The second-order valence-electron chi connectivity index (χ2n) is 9.43. The summed E-state index contributed by atoms with van der Waals surface area (Å²) in [4.78, 5) is 31.4. The third-order valence-electron chi connectivity index (χ3n) is 6.67. The molecule has 196 valence electrons. The number of rotatable bonds is 6. The quantitative estimate of drug-likeness (QED) is 0.394. The van der Waals surface area contributed by atoms with Crippen LogP contribution in [0.25, 0.3) is 27.6 Å². The maximum absolute atomic E-state index is 16.0. The highest BCUT2D eigenvalue weighted by atomic mass is 19.1. The smallest absolute Gasteiger partial charge is 0.269 e. The minimum Gasteiger partial charge on any atom is -0.348 e. The highest BCUT2D eigenvalue weighted by Gasteiger charge is 2.25. The molecule has 0 unspecified atom stereocenters. The van der Waals surface area contributed by atoms with Crippen molar-refractivity contribution in [2.45, 2.75) is 19.4 Å². The number of hydrogen-bond acceptors (Lipinski definition) is 3. The lowest BCUT2D eigenvalue weighted by atomic mass is 9.93. The van der Waals surface area contributed by atoms with Gasteiger partial charge in [0.15, 0.2) is 5.82 Å². The summed E-state index contributed by atoms with van der Waals surface area (Å²) < 4.78 is 46.7. The van der Waals surface area contributed by atoms with Crippen molar-refractivity contribution in [3.8, 4) is 11.1 Å². The van der Waals surface area contributed by atoms with Gasteiger partial charge in [0.25, 0.3) is 5.91 Å². The van der Waals surface area contributed by atoms with Gasteiger partial charge < -0.3 is 14.8 Å². The van der Waals surface area contributed by atoms with E-state index in [9.17, 15) is 18.4 Å². The van der Waals surface area contributed by atoms with Crippen LogP contribution in [0.5, 0.6) is 0 Å². The van der Waals surface area contributed by atoms with Crippen molar-refractivity contribution in [2.24, 2.45) is 0 Å². The lowest BCUT2D eigenvalue weighted by molar-refractivity contribution is -0.131. The number of benzene rings is 2. The van der Waals surface area contributed by atoms with Gasteiger partial charge in [0.05, 0.1) is 5.52 Å². The third-order valence-corrected chi connectivity index (χ3v) is 6.67. The monoisotopic (exact) mass is 521 g/mol. The van der Waals surface area contributed by atoms with Gasteiger partial charge in [-0.1, -0.05) is 6.08 Å². The van der Waals surface area contributed by atoms with E-state index in [4.69, 9.17) is 0 Å². The van der Waals surface area contributed by atoms with Crippen molar-refractivity contribution < 1.29 is 22.8 Å². The summed E-state index contributed by atoms with van der Waals surface area (Å²) in [5, 5.41) is 4.36. The SMILES string of the molecule is CN(C)C(=O)c1cc2c(-c3cc(F)ccc3F)cc(C3=CCCN(C(=O)CCn4cccn4)C3)c(F)c2[nH]1. The highest BCUT2D eigenvalue weighted by molar-refractivity contribution is 6.04. The fourth-order valence-corrected chi connectivity index (χ4v) is 4.73. The molecular formula is C28H26F3N5O2. The van der Waals surface area contributed by atoms with Crippen molar-refractivity contribution in [3.63, 3.8) is 0 Å². The van der Waals surface area contributed by atoms with Gasteiger partial charge in [-0.2, -0.15) is 5.10 Å². The minimum absolute atomic E-state index is 0.00870. The maximum Gasteiger partial charge on any atom is 0.269 e. The van der Waals surface area contributed by atoms with Crippen LogP contribution >= 0.6 is 0 Å². The van der Waals surface area contributed by atoms with E-state index in [1.54, 1.807) is 42.1 Å². The lowest BCUT2D eigenvalue weighted by Crippen LogP contribution is -2.36. The fourth-order valence-electron chi connectivity index (χ4n) is 4.73. The summed E-state index contributed by atoms with van der Waals surface area (Å²) in [6.45, 7) is 1.08. The van der Waals surface area contributed by atoms with E-state index in [1.165, 1.54) is 17.0 Å². The van der Waals surface area contributed by atoms with Crippen LogP contribution in [0.2, 0.25) is 0 Å². The van der Waals surface area contributed by atoms with Crippen molar-refractivity contribution in [1.82, 2.24) is 24.6 Å². The molecule has 0 spiro atoms. The zero-order valence-electron chi connectivity index (χ0n) is 21.0. The van der Waals surface area contributed by atoms with Gasteiger partial charge in [0.2, 0.25) is 5.91 Å². The van der Waals surface area contributed by atoms with E-state index in [0.29, 0.717) is 25.1 Å². The Hall–Kier alpha value is -4.34. The molecule has 0 aliphatic carbocycles. The number of aryl methyl sites for hydroxylation is 1. The molecule has 0 bridgehead atoms. The number of H-pyrrole nitrogens is 1. The zero-order chi connectivity index (χ0) is 27.0. The Morgan fingerprint density at radius 3 is 2.63 bits per heavy atom. The fraction of sp³-hybridized carbons (Fsp3) is 0.250. The molecule has 2 amide bonds. The minimum atomic E-state index is -0.681. The van der Waals surface area contributed by atoms with Gasteiger partial charge in [-0.3, -0.25) is 14.3 Å². The van der Waals surface area contributed by atoms with Crippen LogP contribution in [-0.4, -0.2) is 63.6 Å². The molecule has 2 aromatic carbocycles. The van der Waals surface area contributed by atoms with Crippen molar-refractivity contribution in [2.75, 3.05) is 27.2 Å². The predicted molar refractivity (Wildman–Crippen MR) is 138 cm³/mol. The van der Waals surface area contributed by atoms with Crippen LogP contribution in [0.15, 0.2) is 54.9 Å². The van der Waals surface area contributed by atoms with Gasteiger partial charge in [0, 0.05) is 69.1 Å². The number of aromatic nitrogens is 3. The highest BCUT2D eigenvalue weighted by Crippen LogP contribution is 2.38. The summed E-state index contributed by atoms with van der Waals surface area (Å²) >= 11 is 0. The van der Waals surface area contributed by atoms with Gasteiger partial charge in [-0.25, -0.2) is 13.2 Å². The number of hydrogen-bond donors (Lipinski definition) is 1. The molecule has 0 saturated heterocycles. The van der Waals surface area contributed by atoms with Gasteiger partial charge in [0.1, 0.15) is 17.3 Å². The number of halogens is 3. The average molecular weight is 522 g/mol. The first-order valence-corrected chi connectivity index (χ1v) is 12.2. The van der Waals surface area contributed by atoms with Crippen molar-refractivity contribution >= 4 is 28.3 Å². The number of nitrogens with zero attached hydrogens (tertiary/aromatic N) is 4. The molecule has 1 aliphatic rings. The number of fused-ring (bicyclic) bond motifs is 1. The topological polar surface area (TPSA) is 74.2 Å². The predicted octanol–water partition coefficient (Wildman–Crippen LogP) is 4.86. The molecule has 0 fully saturated rings. The van der Waals surface area contributed by atoms with E-state index in [-0.39, 0.29) is 52.2 Å². The Morgan fingerprint density at radius 2 is 1.89 bits per heavy atom. The molecule has 10 heteroatoms. The second-order valence-corrected chi connectivity index (χ2v) is 9.43. The zero-order valence-corrected chi connectivity index (χ0v) is 21.0. The molecule has 4 aromatic rings. The molecule has 5 rings (SSSR count). The Labute approximate surface area is 217 Å². The molecule has 7 nitrogen and oxygen atoms in total. The van der Waals surface area contributed by atoms with E-state index in [1.807, 2.05) is 6.08 Å². The van der Waals surface area contributed by atoms with Crippen LogP contribution in [-0.2, 0) is 11.3 Å². The van der Waals surface area contributed by atoms with E-state index < -0.39 is 23.4 Å². The Morgan fingerprint density at radius 1 is 1.08 bits per heavy atom. The van der Waals surface area contributed by atoms with Crippen molar-refractivity contribution in [1.29, 1.82) is 0 Å². The van der Waals surface area contributed by atoms with Gasteiger partial charge >= 0.3 is 0 Å². The van der Waals surface area contributed by atoms with Crippen LogP contribution in [0, 0.1) is 17.5 Å². The maximum atomic E-state index is 16.0. The van der Waals surface area contributed by atoms with Crippen LogP contribution < -0.4 is 0 Å². The summed E-state index contributed by atoms with van der Waals surface area (Å²) in [6.07, 6.45) is 6.02. The normalized spacial score (nSPS) is 13.6. The first kappa shape index (κ1) is 25.3. The number of nitrogens with one attached hydrogen (secondary N) is 1. The standard InChI is InChI=1S/C28H26F3N5O2/c1-34(2)28(38)24-15-22-20(21-13-18(29)6-7-23(21)30)14-19(26(31)27(22)33-24)17-5-3-10-35(16-17)25(37)8-12-36-11-4-9-32-36/h4-7,9,11,13-15,33H,3,8,10,12,16H2,1-2H3. The van der Waals surface area contributed by atoms with E-state index in [0.717, 1.165) is 18.2 Å². The summed E-state index contributed by atoms with van der Waals surface area (Å²) in [6, 6.07) is 7.77. The van der Waals surface area contributed by atoms with Crippen LogP contribution in [0.1, 0.15) is 28.9 Å². The van der Waals surface area contributed by atoms with Crippen LogP contribution in [0.3, 0.4) is 0 Å². The summed E-state index contributed by atoms with van der Waals surface area (Å²) in [5.41, 5.74) is 1.03. The first-order valence-electron chi connectivity index (χ1n) is 12.2. The Kier molecular flexibility index (Phi) is 6.79. The molecular weight excluding hydrogens is 495 g/mol. The molecule has 3 heterocycles. The second kappa shape index (κ2) is 10.2. The molecule has 1 N–H and O–H groups in total. The first-order chi connectivity index (χ1) is 18.2. The number of aromatic amines is 1. The number of amides is 2. The summed E-state index contributed by atoms with van der Waals surface area (Å²) in [5.74, 6) is -2.44.